The first kappa shape index (κ1) is 28.1. The van der Waals surface area contributed by atoms with Gasteiger partial charge < -0.3 is 19.1 Å². The van der Waals surface area contributed by atoms with Gasteiger partial charge in [-0.15, -0.1) is 0 Å². The van der Waals surface area contributed by atoms with Gasteiger partial charge in [0, 0.05) is 30.3 Å². The number of likely N-dealkylation sites (tertiary alicyclic amines) is 1. The number of aromatic nitrogens is 3. The summed E-state index contributed by atoms with van der Waals surface area (Å²) >= 11 is 0. The first-order valence-corrected chi connectivity index (χ1v) is 13.7. The first-order valence-electron chi connectivity index (χ1n) is 13.7. The molecule has 5 rings (SSSR count). The molecule has 41 heavy (non-hydrogen) atoms. The highest BCUT2D eigenvalue weighted by Crippen LogP contribution is 2.31. The van der Waals surface area contributed by atoms with E-state index in [0.29, 0.717) is 35.9 Å². The summed E-state index contributed by atoms with van der Waals surface area (Å²) in [6, 6.07) is 15.6. The van der Waals surface area contributed by atoms with E-state index in [9.17, 15) is 14.3 Å². The third-order valence-corrected chi connectivity index (χ3v) is 7.43. The number of carbonyl (C=O) groups is 1. The van der Waals surface area contributed by atoms with Gasteiger partial charge in [-0.2, -0.15) is 5.26 Å². The van der Waals surface area contributed by atoms with Crippen molar-refractivity contribution < 1.29 is 23.8 Å². The smallest absolute Gasteiger partial charge is 0.307 e. The average molecular weight is 558 g/mol. The summed E-state index contributed by atoms with van der Waals surface area (Å²) in [4.78, 5) is 23.2. The number of fused-ring (bicyclic) bond motifs is 1. The second kappa shape index (κ2) is 12.4. The molecule has 1 fully saturated rings. The van der Waals surface area contributed by atoms with Crippen LogP contribution in [0.1, 0.15) is 53.9 Å². The zero-order valence-corrected chi connectivity index (χ0v) is 23.1. The molecule has 0 aliphatic carbocycles. The number of imidazole rings is 1. The number of aryl methyl sites for hydroxylation is 1. The Balaban J connectivity index is 1.22. The minimum atomic E-state index is -0.885. The first-order chi connectivity index (χ1) is 19.8. The Morgan fingerprint density at radius 3 is 2.66 bits per heavy atom. The third-order valence-electron chi connectivity index (χ3n) is 7.43. The van der Waals surface area contributed by atoms with Crippen LogP contribution in [0.4, 0.5) is 4.39 Å². The van der Waals surface area contributed by atoms with Gasteiger partial charge >= 0.3 is 5.97 Å². The van der Waals surface area contributed by atoms with Crippen molar-refractivity contribution in [2.75, 3.05) is 19.7 Å². The summed E-state index contributed by atoms with van der Waals surface area (Å²) in [5, 5.41) is 18.2. The minimum absolute atomic E-state index is 0.0350. The topological polar surface area (TPSA) is 114 Å². The van der Waals surface area contributed by atoms with Crippen molar-refractivity contribution in [3.05, 3.63) is 82.6 Å². The van der Waals surface area contributed by atoms with Gasteiger partial charge in [-0.05, 0) is 68.8 Å². The zero-order valence-electron chi connectivity index (χ0n) is 23.1. The Morgan fingerprint density at radius 2 is 1.95 bits per heavy atom. The summed E-state index contributed by atoms with van der Waals surface area (Å²) < 4.78 is 27.8. The van der Waals surface area contributed by atoms with Crippen molar-refractivity contribution in [3.63, 3.8) is 0 Å². The molecule has 0 unspecified atom stereocenters. The summed E-state index contributed by atoms with van der Waals surface area (Å²) in [5.41, 5.74) is 3.89. The molecule has 0 atom stereocenters. The number of rotatable bonds is 10. The molecule has 10 heteroatoms. The average Bonchev–Trinajstić information content (AvgIpc) is 3.27. The van der Waals surface area contributed by atoms with Crippen LogP contribution in [0.2, 0.25) is 0 Å². The lowest BCUT2D eigenvalue weighted by Crippen LogP contribution is -2.33. The third kappa shape index (κ3) is 6.47. The van der Waals surface area contributed by atoms with Gasteiger partial charge in [-0.3, -0.25) is 9.69 Å². The highest BCUT2D eigenvalue weighted by molar-refractivity contribution is 5.85. The van der Waals surface area contributed by atoms with Crippen molar-refractivity contribution in [2.24, 2.45) is 7.05 Å². The SMILES string of the molecule is CCOc1cc(CC(=O)O)cc2c1nc(CN1CCC(c3cccc(OCc4ccc(C#N)cc4F)n3)CC1)n2C. The van der Waals surface area contributed by atoms with E-state index in [-0.39, 0.29) is 24.5 Å². The lowest BCUT2D eigenvalue weighted by Gasteiger charge is -2.31. The Bertz CT molecular complexity index is 1600. The number of ether oxygens (including phenoxy) is 2. The number of nitriles is 1. The van der Waals surface area contributed by atoms with E-state index in [2.05, 4.69) is 4.90 Å². The van der Waals surface area contributed by atoms with Crippen LogP contribution in [0, 0.1) is 17.1 Å². The van der Waals surface area contributed by atoms with Gasteiger partial charge in [0.25, 0.3) is 0 Å². The van der Waals surface area contributed by atoms with Crippen LogP contribution in [0.25, 0.3) is 11.0 Å². The maximum Gasteiger partial charge on any atom is 0.307 e. The summed E-state index contributed by atoms with van der Waals surface area (Å²) in [6.07, 6.45) is 1.78. The lowest BCUT2D eigenvalue weighted by atomic mass is 9.93. The number of benzene rings is 2. The van der Waals surface area contributed by atoms with Crippen molar-refractivity contribution in [2.45, 2.75) is 45.3 Å². The van der Waals surface area contributed by atoms with E-state index in [1.54, 1.807) is 24.3 Å². The highest BCUT2D eigenvalue weighted by atomic mass is 19.1. The lowest BCUT2D eigenvalue weighted by molar-refractivity contribution is -0.136. The molecule has 212 valence electrons. The van der Waals surface area contributed by atoms with Crippen LogP contribution >= 0.6 is 0 Å². The second-order valence-electron chi connectivity index (χ2n) is 10.2. The molecule has 1 aliphatic heterocycles. The fraction of sp³-hybridized carbons (Fsp3) is 0.355. The van der Waals surface area contributed by atoms with Crippen molar-refractivity contribution in [1.29, 1.82) is 5.26 Å². The number of piperidine rings is 1. The van der Waals surface area contributed by atoms with Gasteiger partial charge in [-0.25, -0.2) is 14.4 Å². The standard InChI is InChI=1S/C31H32FN5O4/c1-3-40-27-15-21(16-30(38)39)14-26-31(27)35-28(36(26)2)18-37-11-9-22(10-12-37)25-5-4-6-29(34-25)41-19-23-8-7-20(17-33)13-24(23)32/h4-8,13-15,22H,3,9-12,16,18-19H2,1-2H3,(H,38,39). The normalized spacial score (nSPS) is 14.2. The fourth-order valence-electron chi connectivity index (χ4n) is 5.25. The van der Waals surface area contributed by atoms with Crippen LogP contribution in [-0.2, 0) is 31.4 Å². The molecule has 0 radical (unpaired) electrons. The Morgan fingerprint density at radius 1 is 1.15 bits per heavy atom. The fourth-order valence-corrected chi connectivity index (χ4v) is 5.25. The quantitative estimate of drug-likeness (QED) is 0.291. The van der Waals surface area contributed by atoms with E-state index in [1.807, 2.05) is 42.8 Å². The van der Waals surface area contributed by atoms with Gasteiger partial charge in [0.1, 0.15) is 29.5 Å². The van der Waals surface area contributed by atoms with Gasteiger partial charge in [0.05, 0.1) is 36.7 Å². The number of carboxylic acid groups (broad SMARTS) is 1. The molecule has 4 aromatic rings. The molecule has 3 heterocycles. The van der Waals surface area contributed by atoms with Crippen LogP contribution in [0.15, 0.2) is 48.5 Å². The van der Waals surface area contributed by atoms with Crippen molar-refractivity contribution in [1.82, 2.24) is 19.4 Å². The number of hydrogen-bond donors (Lipinski definition) is 1. The molecule has 1 saturated heterocycles. The number of carboxylic acids is 1. The summed E-state index contributed by atoms with van der Waals surface area (Å²) in [6.45, 7) is 4.82. The van der Waals surface area contributed by atoms with Gasteiger partial charge in [-0.1, -0.05) is 12.1 Å². The Kier molecular flexibility index (Phi) is 8.45. The molecule has 2 aromatic carbocycles. The van der Waals surface area contributed by atoms with Crippen LogP contribution < -0.4 is 9.47 Å². The molecular formula is C31H32FN5O4. The van der Waals surface area contributed by atoms with Crippen molar-refractivity contribution >= 4 is 17.0 Å². The maximum atomic E-state index is 14.2. The molecule has 1 aliphatic rings. The van der Waals surface area contributed by atoms with E-state index < -0.39 is 11.8 Å². The molecule has 0 saturated carbocycles. The predicted octanol–water partition coefficient (Wildman–Crippen LogP) is 4.96. The molecule has 0 amide bonds. The number of nitrogens with zero attached hydrogens (tertiary/aromatic N) is 5. The monoisotopic (exact) mass is 557 g/mol. The van der Waals surface area contributed by atoms with Crippen LogP contribution in [-0.4, -0.2) is 50.2 Å². The Hall–Kier alpha value is -4.49. The van der Waals surface area contributed by atoms with Crippen LogP contribution in [0.3, 0.4) is 0 Å². The Labute approximate surface area is 237 Å². The second-order valence-corrected chi connectivity index (χ2v) is 10.2. The molecule has 9 nitrogen and oxygen atoms in total. The maximum absolute atomic E-state index is 14.2. The minimum Gasteiger partial charge on any atom is -0.492 e. The van der Waals surface area contributed by atoms with Crippen LogP contribution in [0.5, 0.6) is 11.6 Å². The molecule has 2 aromatic heterocycles. The molecular weight excluding hydrogens is 525 g/mol. The summed E-state index contributed by atoms with van der Waals surface area (Å²) in [7, 11) is 1.96. The van der Waals surface area contributed by atoms with E-state index in [4.69, 9.17) is 24.7 Å². The highest BCUT2D eigenvalue weighted by Gasteiger charge is 2.24. The molecule has 1 N–H and O–H groups in total. The van der Waals surface area contributed by atoms with E-state index >= 15 is 0 Å². The number of aliphatic carboxylic acids is 1. The number of pyridine rings is 1. The van der Waals surface area contributed by atoms with Gasteiger partial charge in [0.15, 0.2) is 0 Å². The number of hydrogen-bond acceptors (Lipinski definition) is 7. The molecule has 0 spiro atoms. The van der Waals surface area contributed by atoms with Gasteiger partial charge in [0.2, 0.25) is 5.88 Å². The zero-order chi connectivity index (χ0) is 28.9. The summed E-state index contributed by atoms with van der Waals surface area (Å²) in [5.74, 6) is 0.880. The van der Waals surface area contributed by atoms with E-state index in [1.165, 1.54) is 6.07 Å². The molecule has 0 bridgehead atoms. The largest absolute Gasteiger partial charge is 0.492 e. The van der Waals surface area contributed by atoms with Crippen molar-refractivity contribution in [3.8, 4) is 17.7 Å². The number of halogens is 1. The van der Waals surface area contributed by atoms with E-state index in [0.717, 1.165) is 48.5 Å². The predicted molar refractivity (Wildman–Crippen MR) is 150 cm³/mol.